The second kappa shape index (κ2) is 10.5. The van der Waals surface area contributed by atoms with E-state index in [1.54, 1.807) is 19.3 Å². The van der Waals surface area contributed by atoms with Crippen LogP contribution in [0.5, 0.6) is 0 Å². The molecule has 7 atom stereocenters. The zero-order valence-electron chi connectivity index (χ0n) is 18.1. The second-order valence-electron chi connectivity index (χ2n) is 9.94. The summed E-state index contributed by atoms with van der Waals surface area (Å²) in [7, 11) is 2.00. The molecule has 3 fully saturated rings. The maximum atomic E-state index is 6.15. The van der Waals surface area contributed by atoms with Crippen LogP contribution in [-0.4, -0.2) is 13.2 Å². The molecule has 0 N–H and O–H groups in total. The molecule has 3 saturated carbocycles. The summed E-state index contributed by atoms with van der Waals surface area (Å²) in [6.07, 6.45) is 22.5. The predicted octanol–water partition coefficient (Wildman–Crippen LogP) is 7.63. The van der Waals surface area contributed by atoms with Gasteiger partial charge in [0.25, 0.3) is 0 Å². The summed E-state index contributed by atoms with van der Waals surface area (Å²) in [6.45, 7) is 4.71. The largest absolute Gasteiger partial charge is 0.381 e. The van der Waals surface area contributed by atoms with Crippen molar-refractivity contribution >= 4 is 0 Å². The molecule has 0 aromatic heterocycles. The van der Waals surface area contributed by atoms with Gasteiger partial charge in [-0.2, -0.15) is 0 Å². The Kier molecular flexibility index (Phi) is 8.35. The molecule has 26 heavy (non-hydrogen) atoms. The summed E-state index contributed by atoms with van der Waals surface area (Å²) in [5, 5.41) is 0. The zero-order chi connectivity index (χ0) is 18.4. The van der Waals surface area contributed by atoms with Gasteiger partial charge in [-0.25, -0.2) is 0 Å². The van der Waals surface area contributed by atoms with Crippen LogP contribution in [0.2, 0.25) is 0 Å². The number of methoxy groups -OCH3 is 1. The van der Waals surface area contributed by atoms with Crippen molar-refractivity contribution in [2.24, 2.45) is 35.5 Å². The smallest absolute Gasteiger partial charge is 0.0602 e. The third-order valence-electron chi connectivity index (χ3n) is 8.56. The third-order valence-corrected chi connectivity index (χ3v) is 8.56. The van der Waals surface area contributed by atoms with Crippen LogP contribution >= 0.6 is 0 Å². The maximum absolute atomic E-state index is 6.15. The van der Waals surface area contributed by atoms with Gasteiger partial charge in [-0.1, -0.05) is 71.6 Å². The lowest BCUT2D eigenvalue weighted by atomic mass is 9.53. The van der Waals surface area contributed by atoms with Gasteiger partial charge in [0.2, 0.25) is 0 Å². The number of fused-ring (bicyclic) bond motifs is 3. The molecule has 0 aliphatic heterocycles. The highest BCUT2D eigenvalue weighted by Gasteiger charge is 2.48. The fourth-order valence-corrected chi connectivity index (χ4v) is 7.44. The number of hydrogen-bond acceptors (Lipinski definition) is 1. The maximum Gasteiger partial charge on any atom is 0.0602 e. The Morgan fingerprint density at radius 2 is 1.46 bits per heavy atom. The van der Waals surface area contributed by atoms with E-state index in [0.717, 1.165) is 35.5 Å². The fourth-order valence-electron chi connectivity index (χ4n) is 7.44. The predicted molar refractivity (Wildman–Crippen MR) is 112 cm³/mol. The first-order valence-corrected chi connectivity index (χ1v) is 12.3. The highest BCUT2D eigenvalue weighted by atomic mass is 16.5. The van der Waals surface area contributed by atoms with Gasteiger partial charge in [-0.15, -0.1) is 0 Å². The van der Waals surface area contributed by atoms with Gasteiger partial charge in [0.1, 0.15) is 0 Å². The van der Waals surface area contributed by atoms with Crippen molar-refractivity contribution in [2.45, 2.75) is 116 Å². The summed E-state index contributed by atoms with van der Waals surface area (Å²) < 4.78 is 6.15. The molecule has 3 rings (SSSR count). The van der Waals surface area contributed by atoms with Crippen molar-refractivity contribution < 1.29 is 4.74 Å². The van der Waals surface area contributed by atoms with Gasteiger partial charge in [0, 0.05) is 7.11 Å². The van der Waals surface area contributed by atoms with Crippen LogP contribution in [0.1, 0.15) is 110 Å². The molecule has 0 heterocycles. The normalized spacial score (nSPS) is 37.3. The molecule has 0 saturated heterocycles. The molecule has 0 spiro atoms. The number of hydrogen-bond donors (Lipinski definition) is 0. The highest BCUT2D eigenvalue weighted by molar-refractivity contribution is 4.97. The molecule has 0 aromatic rings. The van der Waals surface area contributed by atoms with Crippen molar-refractivity contribution in [2.75, 3.05) is 7.11 Å². The van der Waals surface area contributed by atoms with Crippen LogP contribution < -0.4 is 0 Å². The van der Waals surface area contributed by atoms with E-state index in [1.165, 1.54) is 77.0 Å². The summed E-state index contributed by atoms with van der Waals surface area (Å²) in [4.78, 5) is 0. The van der Waals surface area contributed by atoms with E-state index in [-0.39, 0.29) is 0 Å². The van der Waals surface area contributed by atoms with Gasteiger partial charge in [-0.3, -0.25) is 0 Å². The first-order valence-electron chi connectivity index (χ1n) is 12.3. The Morgan fingerprint density at radius 1 is 0.769 bits per heavy atom. The second-order valence-corrected chi connectivity index (χ2v) is 9.94. The molecule has 1 nitrogen and oxygen atoms in total. The van der Waals surface area contributed by atoms with Crippen LogP contribution in [0, 0.1) is 35.5 Å². The van der Waals surface area contributed by atoms with Crippen molar-refractivity contribution in [1.29, 1.82) is 0 Å². The molecule has 0 aromatic carbocycles. The average molecular weight is 363 g/mol. The molecule has 0 radical (unpaired) electrons. The van der Waals surface area contributed by atoms with E-state index in [0.29, 0.717) is 6.10 Å². The minimum Gasteiger partial charge on any atom is -0.381 e. The van der Waals surface area contributed by atoms with Gasteiger partial charge in [0.15, 0.2) is 0 Å². The van der Waals surface area contributed by atoms with E-state index in [2.05, 4.69) is 13.8 Å². The van der Waals surface area contributed by atoms with Gasteiger partial charge in [0.05, 0.1) is 6.10 Å². The molecular weight excluding hydrogens is 316 g/mol. The fraction of sp³-hybridized carbons (Fsp3) is 1.00. The summed E-state index contributed by atoms with van der Waals surface area (Å²) in [6, 6.07) is 0. The van der Waals surface area contributed by atoms with Crippen molar-refractivity contribution in [3.8, 4) is 0 Å². The highest BCUT2D eigenvalue weighted by Crippen LogP contribution is 2.55. The van der Waals surface area contributed by atoms with E-state index >= 15 is 0 Å². The molecule has 1 heteroatoms. The molecular formula is C25H46O. The van der Waals surface area contributed by atoms with Crippen molar-refractivity contribution in [3.05, 3.63) is 0 Å². The van der Waals surface area contributed by atoms with Crippen LogP contribution in [0.4, 0.5) is 0 Å². The van der Waals surface area contributed by atoms with Crippen LogP contribution in [-0.2, 0) is 4.74 Å². The van der Waals surface area contributed by atoms with Crippen LogP contribution in [0.3, 0.4) is 0 Å². The lowest BCUT2D eigenvalue weighted by Gasteiger charge is -2.52. The standard InChI is InChI=1S/C25H46O/c1-4-6-14-23(25(26-3)12-5-2)24-18-19-13-10-11-15-20(19)21-16-8-7-9-17-22(21)24/h19-25H,4-18H2,1-3H3. The lowest BCUT2D eigenvalue weighted by Crippen LogP contribution is -2.46. The van der Waals surface area contributed by atoms with Gasteiger partial charge >= 0.3 is 0 Å². The topological polar surface area (TPSA) is 9.23 Å². The Bertz CT molecular complexity index is 392. The SMILES string of the molecule is CCCCC(C(CCC)OC)C1CC2CCCCC2C2CCCCCC21. The average Bonchev–Trinajstić information content (AvgIpc) is 2.93. The van der Waals surface area contributed by atoms with Crippen molar-refractivity contribution in [3.63, 3.8) is 0 Å². The zero-order valence-corrected chi connectivity index (χ0v) is 18.1. The number of rotatable bonds is 8. The van der Waals surface area contributed by atoms with E-state index in [4.69, 9.17) is 4.74 Å². The Hall–Kier alpha value is -0.0400. The Labute approximate surface area is 164 Å². The van der Waals surface area contributed by atoms with Crippen LogP contribution in [0.15, 0.2) is 0 Å². The Balaban J connectivity index is 1.84. The summed E-state index contributed by atoms with van der Waals surface area (Å²) in [5.41, 5.74) is 0. The van der Waals surface area contributed by atoms with Gasteiger partial charge < -0.3 is 4.74 Å². The molecule has 3 aliphatic carbocycles. The quantitative estimate of drug-likeness (QED) is 0.431. The summed E-state index contributed by atoms with van der Waals surface area (Å²) >= 11 is 0. The van der Waals surface area contributed by atoms with E-state index in [1.807, 2.05) is 7.11 Å². The van der Waals surface area contributed by atoms with E-state index < -0.39 is 0 Å². The number of ether oxygens (including phenoxy) is 1. The van der Waals surface area contributed by atoms with Crippen molar-refractivity contribution in [1.82, 2.24) is 0 Å². The molecule has 3 aliphatic rings. The Morgan fingerprint density at radius 3 is 2.19 bits per heavy atom. The minimum absolute atomic E-state index is 0.514. The molecule has 0 amide bonds. The molecule has 0 bridgehead atoms. The monoisotopic (exact) mass is 362 g/mol. The first-order chi connectivity index (χ1) is 12.8. The minimum atomic E-state index is 0.514. The lowest BCUT2D eigenvalue weighted by molar-refractivity contribution is -0.0642. The summed E-state index contributed by atoms with van der Waals surface area (Å²) in [5.74, 6) is 6.00. The van der Waals surface area contributed by atoms with E-state index in [9.17, 15) is 0 Å². The van der Waals surface area contributed by atoms with Crippen LogP contribution in [0.25, 0.3) is 0 Å². The molecule has 7 unspecified atom stereocenters. The first kappa shape index (κ1) is 20.7. The molecule has 152 valence electrons. The number of unbranched alkanes of at least 4 members (excludes halogenated alkanes) is 1. The third kappa shape index (κ3) is 4.68. The van der Waals surface area contributed by atoms with Gasteiger partial charge in [-0.05, 0) is 74.0 Å².